The molecule has 0 unspecified atom stereocenters. The van der Waals surface area contributed by atoms with Crippen molar-refractivity contribution >= 4 is 16.9 Å². The van der Waals surface area contributed by atoms with Gasteiger partial charge in [0.2, 0.25) is 5.52 Å². The minimum Gasteiger partial charge on any atom is -0.473 e. The van der Waals surface area contributed by atoms with Crippen molar-refractivity contribution in [1.29, 1.82) is 0 Å². The monoisotopic (exact) mass is 264 g/mol. The molecule has 0 radical (unpaired) electrons. The van der Waals surface area contributed by atoms with Gasteiger partial charge in [0.1, 0.15) is 0 Å². The number of hydrogen-bond acceptors (Lipinski definition) is 1. The Morgan fingerprint density at radius 1 is 0.900 bits per heavy atom. The SMILES string of the molecule is O=C(O)c1ccc2ccccc2[n+]1Cc1ccccc1. The first-order valence-corrected chi connectivity index (χ1v) is 6.44. The van der Waals surface area contributed by atoms with E-state index < -0.39 is 5.97 Å². The maximum Gasteiger partial charge on any atom is 0.401 e. The van der Waals surface area contributed by atoms with E-state index in [2.05, 4.69) is 0 Å². The van der Waals surface area contributed by atoms with Crippen molar-refractivity contribution in [3.8, 4) is 0 Å². The molecule has 0 aliphatic rings. The molecule has 0 saturated heterocycles. The standard InChI is InChI=1S/C17H13NO2/c19-17(20)16-11-10-14-8-4-5-9-15(14)18(16)12-13-6-2-1-3-7-13/h1-11H,12H2/p+1. The van der Waals surface area contributed by atoms with Gasteiger partial charge in [0.25, 0.3) is 5.69 Å². The van der Waals surface area contributed by atoms with Gasteiger partial charge in [-0.2, -0.15) is 4.57 Å². The Balaban J connectivity index is 2.20. The average molecular weight is 264 g/mol. The normalized spacial score (nSPS) is 10.6. The Labute approximate surface area is 116 Å². The molecule has 3 heteroatoms. The Morgan fingerprint density at radius 2 is 1.60 bits per heavy atom. The second kappa shape index (κ2) is 5.13. The van der Waals surface area contributed by atoms with Crippen LogP contribution < -0.4 is 4.57 Å². The van der Waals surface area contributed by atoms with Crippen LogP contribution in [0.4, 0.5) is 0 Å². The molecule has 0 fully saturated rings. The third-order valence-corrected chi connectivity index (χ3v) is 3.34. The molecule has 3 rings (SSSR count). The van der Waals surface area contributed by atoms with Crippen molar-refractivity contribution in [2.45, 2.75) is 6.54 Å². The summed E-state index contributed by atoms with van der Waals surface area (Å²) in [6.07, 6.45) is 0. The number of benzene rings is 2. The molecule has 1 heterocycles. The lowest BCUT2D eigenvalue weighted by Crippen LogP contribution is -2.41. The van der Waals surface area contributed by atoms with Crippen LogP contribution in [0.5, 0.6) is 0 Å². The van der Waals surface area contributed by atoms with Crippen LogP contribution in [0.15, 0.2) is 66.7 Å². The molecule has 0 atom stereocenters. The number of rotatable bonds is 3. The fourth-order valence-electron chi connectivity index (χ4n) is 2.39. The van der Waals surface area contributed by atoms with E-state index in [1.165, 1.54) is 0 Å². The molecule has 0 bridgehead atoms. The van der Waals surface area contributed by atoms with Crippen LogP contribution in [-0.4, -0.2) is 11.1 Å². The first-order valence-electron chi connectivity index (χ1n) is 6.44. The Kier molecular flexibility index (Phi) is 3.17. The molecular formula is C17H14NO2+. The summed E-state index contributed by atoms with van der Waals surface area (Å²) in [5.41, 5.74) is 2.31. The van der Waals surface area contributed by atoms with Gasteiger partial charge in [-0.1, -0.05) is 42.5 Å². The predicted octanol–water partition coefficient (Wildman–Crippen LogP) is 2.87. The predicted molar refractivity (Wildman–Crippen MR) is 76.6 cm³/mol. The summed E-state index contributed by atoms with van der Waals surface area (Å²) in [6, 6.07) is 21.2. The van der Waals surface area contributed by atoms with Gasteiger partial charge in [-0.15, -0.1) is 0 Å². The minimum atomic E-state index is -0.910. The lowest BCUT2D eigenvalue weighted by atomic mass is 10.1. The number of para-hydroxylation sites is 1. The van der Waals surface area contributed by atoms with E-state index in [1.807, 2.05) is 65.2 Å². The van der Waals surface area contributed by atoms with Crippen molar-refractivity contribution in [2.24, 2.45) is 0 Å². The summed E-state index contributed by atoms with van der Waals surface area (Å²) in [5.74, 6) is -0.910. The van der Waals surface area contributed by atoms with E-state index in [1.54, 1.807) is 6.07 Å². The molecular weight excluding hydrogens is 250 g/mol. The zero-order valence-corrected chi connectivity index (χ0v) is 10.9. The van der Waals surface area contributed by atoms with Gasteiger partial charge < -0.3 is 5.11 Å². The van der Waals surface area contributed by atoms with Crippen LogP contribution in [0.2, 0.25) is 0 Å². The number of aromatic carboxylic acids is 1. The molecule has 0 aliphatic heterocycles. The highest BCUT2D eigenvalue weighted by atomic mass is 16.4. The molecule has 98 valence electrons. The van der Waals surface area contributed by atoms with E-state index >= 15 is 0 Å². The van der Waals surface area contributed by atoms with E-state index in [-0.39, 0.29) is 0 Å². The largest absolute Gasteiger partial charge is 0.473 e. The lowest BCUT2D eigenvalue weighted by Gasteiger charge is -2.05. The molecule has 0 amide bonds. The van der Waals surface area contributed by atoms with Crippen LogP contribution in [0.3, 0.4) is 0 Å². The summed E-state index contributed by atoms with van der Waals surface area (Å²) >= 11 is 0. The maximum absolute atomic E-state index is 11.4. The first kappa shape index (κ1) is 12.4. The molecule has 3 aromatic rings. The zero-order chi connectivity index (χ0) is 13.9. The molecule has 0 saturated carbocycles. The van der Waals surface area contributed by atoms with Gasteiger partial charge >= 0.3 is 5.97 Å². The minimum absolute atomic E-state index is 0.299. The highest BCUT2D eigenvalue weighted by Gasteiger charge is 2.21. The van der Waals surface area contributed by atoms with Crippen molar-refractivity contribution in [3.63, 3.8) is 0 Å². The van der Waals surface area contributed by atoms with E-state index in [9.17, 15) is 9.90 Å². The number of fused-ring (bicyclic) bond motifs is 1. The van der Waals surface area contributed by atoms with Crippen molar-refractivity contribution in [1.82, 2.24) is 0 Å². The van der Waals surface area contributed by atoms with Gasteiger partial charge in [0, 0.05) is 23.1 Å². The van der Waals surface area contributed by atoms with Crippen LogP contribution in [0.25, 0.3) is 10.9 Å². The van der Waals surface area contributed by atoms with Gasteiger partial charge in [-0.25, -0.2) is 4.79 Å². The molecule has 0 spiro atoms. The number of aromatic nitrogens is 1. The molecule has 0 aliphatic carbocycles. The summed E-state index contributed by atoms with van der Waals surface area (Å²) in [5, 5.41) is 10.4. The number of pyridine rings is 1. The van der Waals surface area contributed by atoms with E-state index in [4.69, 9.17) is 0 Å². The Hall–Kier alpha value is -2.68. The smallest absolute Gasteiger partial charge is 0.401 e. The van der Waals surface area contributed by atoms with Gasteiger partial charge in [0.15, 0.2) is 6.54 Å². The average Bonchev–Trinajstić information content (AvgIpc) is 2.48. The van der Waals surface area contributed by atoms with E-state index in [0.29, 0.717) is 12.2 Å². The van der Waals surface area contributed by atoms with E-state index in [0.717, 1.165) is 16.5 Å². The van der Waals surface area contributed by atoms with Crippen molar-refractivity contribution in [3.05, 3.63) is 78.0 Å². The molecule has 1 aromatic heterocycles. The van der Waals surface area contributed by atoms with Crippen LogP contribution in [-0.2, 0) is 6.54 Å². The molecule has 20 heavy (non-hydrogen) atoms. The fraction of sp³-hybridized carbons (Fsp3) is 0.0588. The van der Waals surface area contributed by atoms with Crippen molar-refractivity contribution in [2.75, 3.05) is 0 Å². The third-order valence-electron chi connectivity index (χ3n) is 3.34. The fourth-order valence-corrected chi connectivity index (χ4v) is 2.39. The molecule has 2 aromatic carbocycles. The maximum atomic E-state index is 11.4. The third kappa shape index (κ3) is 2.26. The second-order valence-electron chi connectivity index (χ2n) is 4.65. The number of carboxylic acid groups (broad SMARTS) is 1. The number of carbonyl (C=O) groups is 1. The lowest BCUT2D eigenvalue weighted by molar-refractivity contribution is -0.664. The molecule has 3 nitrogen and oxygen atoms in total. The summed E-state index contributed by atoms with van der Waals surface area (Å²) in [4.78, 5) is 11.4. The highest BCUT2D eigenvalue weighted by Crippen LogP contribution is 2.12. The Bertz CT molecular complexity index is 766. The van der Waals surface area contributed by atoms with Crippen LogP contribution in [0, 0.1) is 0 Å². The highest BCUT2D eigenvalue weighted by molar-refractivity contribution is 5.86. The first-order chi connectivity index (χ1) is 9.75. The number of nitrogens with zero attached hydrogens (tertiary/aromatic N) is 1. The van der Waals surface area contributed by atoms with Gasteiger partial charge in [-0.05, 0) is 12.1 Å². The molecule has 1 N–H and O–H groups in total. The summed E-state index contributed by atoms with van der Waals surface area (Å²) in [6.45, 7) is 0.545. The van der Waals surface area contributed by atoms with Crippen LogP contribution in [0.1, 0.15) is 16.1 Å². The number of carboxylic acids is 1. The van der Waals surface area contributed by atoms with Crippen molar-refractivity contribution < 1.29 is 14.5 Å². The van der Waals surface area contributed by atoms with Gasteiger partial charge in [0.05, 0.1) is 0 Å². The number of hydrogen-bond donors (Lipinski definition) is 1. The summed E-state index contributed by atoms with van der Waals surface area (Å²) in [7, 11) is 0. The second-order valence-corrected chi connectivity index (χ2v) is 4.65. The quantitative estimate of drug-likeness (QED) is 0.739. The van der Waals surface area contributed by atoms with Crippen LogP contribution >= 0.6 is 0 Å². The summed E-state index contributed by atoms with van der Waals surface area (Å²) < 4.78 is 1.84. The Morgan fingerprint density at radius 3 is 2.35 bits per heavy atom. The van der Waals surface area contributed by atoms with Gasteiger partial charge in [-0.3, -0.25) is 0 Å². The zero-order valence-electron chi connectivity index (χ0n) is 10.9. The topological polar surface area (TPSA) is 41.2 Å².